The van der Waals surface area contributed by atoms with Crippen LogP contribution in [0.3, 0.4) is 0 Å². The maximum absolute atomic E-state index is 13.1. The molecule has 8 nitrogen and oxygen atoms in total. The van der Waals surface area contributed by atoms with Gasteiger partial charge in [0.05, 0.1) is 11.0 Å². The molecule has 134 valence electrons. The summed E-state index contributed by atoms with van der Waals surface area (Å²) in [4.78, 5) is 19.2. The third-order valence-electron chi connectivity index (χ3n) is 4.09. The molecule has 0 unspecified atom stereocenters. The smallest absolute Gasteiger partial charge is 0.340 e. The lowest BCUT2D eigenvalue weighted by Crippen LogP contribution is -2.19. The number of rotatable bonds is 2. The zero-order valence-corrected chi connectivity index (χ0v) is 13.6. The number of halogens is 3. The number of fused-ring (bicyclic) bond motifs is 2. The van der Waals surface area contributed by atoms with Gasteiger partial charge in [-0.15, -0.1) is 0 Å². The molecule has 0 bridgehead atoms. The minimum atomic E-state index is -4.61. The minimum Gasteiger partial charge on any atom is -0.340 e. The Balaban J connectivity index is 1.84. The van der Waals surface area contributed by atoms with Gasteiger partial charge in [0.1, 0.15) is 12.1 Å². The van der Waals surface area contributed by atoms with Crippen molar-refractivity contribution in [3.63, 3.8) is 0 Å². The Kier molecular flexibility index (Phi) is 3.29. The Morgan fingerprint density at radius 1 is 1.08 bits per heavy atom. The van der Waals surface area contributed by atoms with Gasteiger partial charge in [-0.2, -0.15) is 27.8 Å². The van der Waals surface area contributed by atoms with Crippen LogP contribution in [0, 0.1) is 0 Å². The molecule has 3 heterocycles. The van der Waals surface area contributed by atoms with Gasteiger partial charge in [0, 0.05) is 25.8 Å². The molecular weight excluding hydrogens is 351 g/mol. The van der Waals surface area contributed by atoms with Gasteiger partial charge in [0.25, 0.3) is 5.78 Å². The van der Waals surface area contributed by atoms with Gasteiger partial charge in [-0.1, -0.05) is 0 Å². The molecule has 3 aromatic heterocycles. The Hall–Kier alpha value is -3.37. The number of alkyl halides is 3. The third-order valence-corrected chi connectivity index (χ3v) is 4.09. The van der Waals surface area contributed by atoms with Gasteiger partial charge < -0.3 is 5.32 Å². The number of hydrogen-bond acceptors (Lipinski definition) is 5. The zero-order valence-electron chi connectivity index (χ0n) is 13.6. The average molecular weight is 363 g/mol. The Morgan fingerprint density at radius 2 is 1.81 bits per heavy atom. The zero-order chi connectivity index (χ0) is 18.6. The molecule has 1 aromatic carbocycles. The van der Waals surface area contributed by atoms with Crippen molar-refractivity contribution in [2.24, 2.45) is 14.1 Å². The molecule has 1 N–H and O–H groups in total. The maximum atomic E-state index is 13.1. The Morgan fingerprint density at radius 3 is 2.54 bits per heavy atom. The van der Waals surface area contributed by atoms with Crippen molar-refractivity contribution in [2.75, 3.05) is 5.32 Å². The molecule has 0 saturated heterocycles. The highest BCUT2D eigenvalue weighted by atomic mass is 19.4. The van der Waals surface area contributed by atoms with Crippen molar-refractivity contribution >= 4 is 28.3 Å². The fraction of sp³-hybridized carbons (Fsp3) is 0.200. The summed E-state index contributed by atoms with van der Waals surface area (Å²) in [6.07, 6.45) is -3.49. The van der Waals surface area contributed by atoms with Crippen molar-refractivity contribution in [1.29, 1.82) is 0 Å². The van der Waals surface area contributed by atoms with Crippen molar-refractivity contribution < 1.29 is 13.2 Å². The number of benzene rings is 1. The molecule has 4 aromatic rings. The van der Waals surface area contributed by atoms with Crippen LogP contribution in [0.5, 0.6) is 0 Å². The first-order valence-corrected chi connectivity index (χ1v) is 7.46. The van der Waals surface area contributed by atoms with Crippen LogP contribution >= 0.6 is 0 Å². The first kappa shape index (κ1) is 16.1. The number of nitrogens with zero attached hydrogens (tertiary/aromatic N) is 6. The number of hydrogen-bond donors (Lipinski definition) is 1. The summed E-state index contributed by atoms with van der Waals surface area (Å²) in [7, 11) is 3.27. The van der Waals surface area contributed by atoms with Crippen molar-refractivity contribution in [3.05, 3.63) is 46.8 Å². The fourth-order valence-corrected chi connectivity index (χ4v) is 2.78. The molecule has 0 atom stereocenters. The van der Waals surface area contributed by atoms with Crippen LogP contribution < -0.4 is 11.0 Å². The Labute approximate surface area is 143 Å². The van der Waals surface area contributed by atoms with E-state index in [4.69, 9.17) is 0 Å². The van der Waals surface area contributed by atoms with Crippen LogP contribution in [0.2, 0.25) is 0 Å². The molecule has 26 heavy (non-hydrogen) atoms. The molecule has 0 saturated carbocycles. The van der Waals surface area contributed by atoms with E-state index in [-0.39, 0.29) is 17.3 Å². The minimum absolute atomic E-state index is 0.0557. The fourth-order valence-electron chi connectivity index (χ4n) is 2.78. The molecule has 4 rings (SSSR count). The van der Waals surface area contributed by atoms with Crippen LogP contribution in [0.25, 0.3) is 16.8 Å². The van der Waals surface area contributed by atoms with Gasteiger partial charge in [0.2, 0.25) is 0 Å². The lowest BCUT2D eigenvalue weighted by molar-refractivity contribution is -0.141. The van der Waals surface area contributed by atoms with E-state index >= 15 is 0 Å². The summed E-state index contributed by atoms with van der Waals surface area (Å²) >= 11 is 0. The first-order valence-electron chi connectivity index (χ1n) is 7.46. The van der Waals surface area contributed by atoms with E-state index in [9.17, 15) is 18.0 Å². The molecule has 0 fully saturated rings. The third kappa shape index (κ3) is 2.39. The average Bonchev–Trinajstić information content (AvgIpc) is 3.14. The predicted molar refractivity (Wildman–Crippen MR) is 87.2 cm³/mol. The van der Waals surface area contributed by atoms with Crippen LogP contribution in [0.15, 0.2) is 35.4 Å². The van der Waals surface area contributed by atoms with Crippen molar-refractivity contribution in [2.45, 2.75) is 6.18 Å². The summed E-state index contributed by atoms with van der Waals surface area (Å²) < 4.78 is 43.3. The molecule has 0 radical (unpaired) electrons. The highest BCUT2D eigenvalue weighted by molar-refractivity contribution is 5.81. The van der Waals surface area contributed by atoms with E-state index in [0.717, 1.165) is 12.4 Å². The van der Waals surface area contributed by atoms with E-state index in [2.05, 4.69) is 20.4 Å². The SMILES string of the molecule is Cn1c(=O)n(C)c2cc(Nc3cc(C(F)(F)F)nc4ncnn34)ccc21. The lowest BCUT2D eigenvalue weighted by atomic mass is 10.2. The van der Waals surface area contributed by atoms with E-state index in [1.165, 1.54) is 13.6 Å². The number of imidazole rings is 1. The molecule has 0 aliphatic carbocycles. The molecular formula is C15H12F3N7O. The second-order valence-corrected chi connectivity index (χ2v) is 5.73. The molecule has 11 heteroatoms. The Bertz CT molecular complexity index is 1200. The second kappa shape index (κ2) is 5.31. The number of aromatic nitrogens is 6. The van der Waals surface area contributed by atoms with Crippen LogP contribution in [-0.4, -0.2) is 28.7 Å². The van der Waals surface area contributed by atoms with E-state index in [1.807, 2.05) is 0 Å². The molecule has 0 amide bonds. The normalized spacial score (nSPS) is 12.2. The van der Waals surface area contributed by atoms with Gasteiger partial charge in [-0.25, -0.2) is 9.78 Å². The van der Waals surface area contributed by atoms with Crippen LogP contribution in [-0.2, 0) is 20.3 Å². The van der Waals surface area contributed by atoms with Gasteiger partial charge in [-0.3, -0.25) is 9.13 Å². The van der Waals surface area contributed by atoms with Crippen LogP contribution in [0.4, 0.5) is 24.7 Å². The largest absolute Gasteiger partial charge is 0.433 e. The van der Waals surface area contributed by atoms with Gasteiger partial charge in [0.15, 0.2) is 5.69 Å². The summed E-state index contributed by atoms with van der Waals surface area (Å²) in [6, 6.07) is 5.91. The molecule has 0 spiro atoms. The van der Waals surface area contributed by atoms with Gasteiger partial charge >= 0.3 is 11.9 Å². The summed E-state index contributed by atoms with van der Waals surface area (Å²) in [5.41, 5.74) is 0.574. The van der Waals surface area contributed by atoms with Crippen LogP contribution in [0.1, 0.15) is 5.69 Å². The maximum Gasteiger partial charge on any atom is 0.433 e. The van der Waals surface area contributed by atoms with Gasteiger partial charge in [-0.05, 0) is 18.2 Å². The monoisotopic (exact) mass is 363 g/mol. The topological polar surface area (TPSA) is 82.0 Å². The highest BCUT2D eigenvalue weighted by Crippen LogP contribution is 2.30. The highest BCUT2D eigenvalue weighted by Gasteiger charge is 2.34. The van der Waals surface area contributed by atoms with E-state index in [0.29, 0.717) is 16.7 Å². The quantitative estimate of drug-likeness (QED) is 0.590. The number of aryl methyl sites for hydroxylation is 2. The number of nitrogens with one attached hydrogen (secondary N) is 1. The number of anilines is 2. The summed E-state index contributed by atoms with van der Waals surface area (Å²) in [5, 5.41) is 6.78. The first-order chi connectivity index (χ1) is 12.3. The molecule has 0 aliphatic heterocycles. The standard InChI is InChI=1S/C15H12F3N7O/c1-23-9-4-3-8(5-10(9)24(2)14(23)26)21-12-6-11(15(16,17)18)22-13-19-7-20-25(12)13/h3-7,21H,1-2H3. The second-order valence-electron chi connectivity index (χ2n) is 5.73. The predicted octanol–water partition coefficient (Wildman–Crippen LogP) is 2.08. The van der Waals surface area contributed by atoms with Crippen molar-refractivity contribution in [3.8, 4) is 0 Å². The van der Waals surface area contributed by atoms with Crippen molar-refractivity contribution in [1.82, 2.24) is 28.7 Å². The van der Waals surface area contributed by atoms with E-state index in [1.54, 1.807) is 32.3 Å². The summed E-state index contributed by atoms with van der Waals surface area (Å²) in [6.45, 7) is 0. The lowest BCUT2D eigenvalue weighted by Gasteiger charge is -2.11. The molecule has 0 aliphatic rings. The summed E-state index contributed by atoms with van der Waals surface area (Å²) in [5.74, 6) is -0.115. The van der Waals surface area contributed by atoms with E-state index < -0.39 is 11.9 Å².